The summed E-state index contributed by atoms with van der Waals surface area (Å²) in [5, 5.41) is 13.9. The van der Waals surface area contributed by atoms with Crippen LogP contribution in [0.4, 0.5) is 8.78 Å². The Balaban J connectivity index is 1.62. The molecule has 7 heteroatoms. The zero-order valence-electron chi connectivity index (χ0n) is 15.6. The second-order valence-electron chi connectivity index (χ2n) is 6.56. The Morgan fingerprint density at radius 1 is 1.03 bits per heavy atom. The molecule has 0 bridgehead atoms. The molecule has 0 saturated carbocycles. The number of halogens is 2. The first-order valence-corrected chi connectivity index (χ1v) is 9.06. The third-order valence-electron chi connectivity index (χ3n) is 4.35. The molecule has 0 aliphatic carbocycles. The van der Waals surface area contributed by atoms with Crippen molar-refractivity contribution < 1.29 is 23.0 Å². The lowest BCUT2D eigenvalue weighted by molar-refractivity contribution is -0.605. The number of carbonyl (C=O) groups is 1. The van der Waals surface area contributed by atoms with Gasteiger partial charge in [-0.15, -0.1) is 0 Å². The average molecular weight is 398 g/mol. The molecule has 1 amide bonds. The Hall–Kier alpha value is -3.32. The van der Waals surface area contributed by atoms with E-state index in [9.17, 15) is 18.8 Å². The number of pyridine rings is 1. The fourth-order valence-electron chi connectivity index (χ4n) is 2.89. The lowest BCUT2D eigenvalue weighted by Crippen LogP contribution is -2.31. The van der Waals surface area contributed by atoms with Crippen LogP contribution in [0.5, 0.6) is 0 Å². The molecule has 1 aromatic heterocycles. The smallest absolute Gasteiger partial charge is 0.251 e. The molecule has 0 aliphatic heterocycles. The number of rotatable bonds is 8. The first kappa shape index (κ1) is 20.4. The molecule has 3 rings (SSSR count). The largest absolute Gasteiger partial charge is 0.619 e. The number of hydrogen-bond acceptors (Lipinski definition) is 3. The van der Waals surface area contributed by atoms with Gasteiger partial charge in [0.2, 0.25) is 0 Å². The van der Waals surface area contributed by atoms with Crippen LogP contribution in [0.15, 0.2) is 73.1 Å². The molecule has 0 aliphatic rings. The molecule has 0 spiro atoms. The second-order valence-corrected chi connectivity index (χ2v) is 6.56. The number of nitrogens with one attached hydrogen (secondary N) is 1. The van der Waals surface area contributed by atoms with Crippen molar-refractivity contribution in [2.24, 2.45) is 0 Å². The van der Waals surface area contributed by atoms with E-state index < -0.39 is 11.6 Å². The van der Waals surface area contributed by atoms with E-state index in [0.29, 0.717) is 22.4 Å². The van der Waals surface area contributed by atoms with Crippen LogP contribution < -0.4 is 10.0 Å². The van der Waals surface area contributed by atoms with Crippen molar-refractivity contribution >= 4 is 5.91 Å². The van der Waals surface area contributed by atoms with Crippen LogP contribution in [0.1, 0.15) is 27.4 Å². The second kappa shape index (κ2) is 9.75. The lowest BCUT2D eigenvalue weighted by Gasteiger charge is -2.18. The summed E-state index contributed by atoms with van der Waals surface area (Å²) >= 11 is 0. The van der Waals surface area contributed by atoms with Gasteiger partial charge in [-0.2, -0.15) is 4.73 Å². The molecule has 0 saturated heterocycles. The van der Waals surface area contributed by atoms with Gasteiger partial charge in [-0.05, 0) is 23.3 Å². The first-order chi connectivity index (χ1) is 14.0. The van der Waals surface area contributed by atoms with Gasteiger partial charge in [0.15, 0.2) is 12.4 Å². The SMILES string of the molecule is O=C(NCC(COCc1cc(F)cc(F)c1)c1ccccc1)c1cc[n+]([O-])cc1. The number of nitrogens with zero attached hydrogens (tertiary/aromatic N) is 1. The van der Waals surface area contributed by atoms with Gasteiger partial charge in [0.05, 0.1) is 18.8 Å². The van der Waals surface area contributed by atoms with Crippen LogP contribution in [0.25, 0.3) is 0 Å². The van der Waals surface area contributed by atoms with E-state index in [1.54, 1.807) is 0 Å². The molecular weight excluding hydrogens is 378 g/mol. The normalized spacial score (nSPS) is 11.8. The van der Waals surface area contributed by atoms with E-state index in [4.69, 9.17) is 4.74 Å². The van der Waals surface area contributed by atoms with E-state index in [2.05, 4.69) is 5.32 Å². The number of hydrogen-bond donors (Lipinski definition) is 1. The minimum absolute atomic E-state index is 0.0497. The van der Waals surface area contributed by atoms with E-state index in [-0.39, 0.29) is 25.0 Å². The Bertz CT molecular complexity index is 930. The Morgan fingerprint density at radius 3 is 2.34 bits per heavy atom. The summed E-state index contributed by atoms with van der Waals surface area (Å²) < 4.78 is 32.9. The van der Waals surface area contributed by atoms with Crippen molar-refractivity contribution in [3.8, 4) is 0 Å². The predicted molar refractivity (Wildman–Crippen MR) is 103 cm³/mol. The zero-order chi connectivity index (χ0) is 20.6. The highest BCUT2D eigenvalue weighted by Gasteiger charge is 2.15. The molecule has 0 radical (unpaired) electrons. The summed E-state index contributed by atoms with van der Waals surface area (Å²) in [4.78, 5) is 12.3. The molecule has 0 fully saturated rings. The maximum atomic E-state index is 13.3. The minimum Gasteiger partial charge on any atom is -0.619 e. The molecular formula is C22H20F2N2O3. The summed E-state index contributed by atoms with van der Waals surface area (Å²) in [7, 11) is 0. The van der Waals surface area contributed by atoms with E-state index >= 15 is 0 Å². The summed E-state index contributed by atoms with van der Waals surface area (Å²) in [6.45, 7) is 0.596. The van der Waals surface area contributed by atoms with Crippen LogP contribution in [0.3, 0.4) is 0 Å². The number of aromatic nitrogens is 1. The number of carbonyl (C=O) groups excluding carboxylic acids is 1. The maximum Gasteiger partial charge on any atom is 0.251 e. The quantitative estimate of drug-likeness (QED) is 0.468. The molecule has 1 atom stereocenters. The summed E-state index contributed by atoms with van der Waals surface area (Å²) in [6.07, 6.45) is 2.51. The zero-order valence-corrected chi connectivity index (χ0v) is 15.6. The fraction of sp³-hybridized carbons (Fsp3) is 0.182. The number of ether oxygens (including phenoxy) is 1. The highest BCUT2D eigenvalue weighted by molar-refractivity contribution is 5.93. The van der Waals surface area contributed by atoms with Gasteiger partial charge in [-0.1, -0.05) is 30.3 Å². The van der Waals surface area contributed by atoms with Crippen LogP contribution in [0, 0.1) is 16.8 Å². The summed E-state index contributed by atoms with van der Waals surface area (Å²) in [5.74, 6) is -1.78. The van der Waals surface area contributed by atoms with Gasteiger partial charge in [-0.25, -0.2) is 8.78 Å². The van der Waals surface area contributed by atoms with Gasteiger partial charge in [-0.3, -0.25) is 4.79 Å². The Kier molecular flexibility index (Phi) is 6.86. The van der Waals surface area contributed by atoms with E-state index in [1.807, 2.05) is 30.3 Å². The third-order valence-corrected chi connectivity index (χ3v) is 4.35. The molecule has 1 unspecified atom stereocenters. The van der Waals surface area contributed by atoms with Crippen molar-refractivity contribution in [1.82, 2.24) is 5.32 Å². The van der Waals surface area contributed by atoms with Gasteiger partial charge < -0.3 is 15.3 Å². The van der Waals surface area contributed by atoms with E-state index in [0.717, 1.165) is 11.6 Å². The highest BCUT2D eigenvalue weighted by Crippen LogP contribution is 2.17. The van der Waals surface area contributed by atoms with Gasteiger partial charge in [0, 0.05) is 30.7 Å². The molecule has 2 aromatic carbocycles. The van der Waals surface area contributed by atoms with Crippen molar-refractivity contribution in [3.63, 3.8) is 0 Å². The van der Waals surface area contributed by atoms with Crippen LogP contribution in [-0.2, 0) is 11.3 Å². The van der Waals surface area contributed by atoms with Crippen LogP contribution >= 0.6 is 0 Å². The summed E-state index contributed by atoms with van der Waals surface area (Å²) in [5.41, 5.74) is 1.73. The highest BCUT2D eigenvalue weighted by atomic mass is 19.1. The topological polar surface area (TPSA) is 65.3 Å². The average Bonchev–Trinajstić information content (AvgIpc) is 2.71. The molecule has 29 heavy (non-hydrogen) atoms. The monoisotopic (exact) mass is 398 g/mol. The molecule has 1 heterocycles. The maximum absolute atomic E-state index is 13.3. The minimum atomic E-state index is -0.655. The van der Waals surface area contributed by atoms with Crippen molar-refractivity contribution in [1.29, 1.82) is 0 Å². The third kappa shape index (κ3) is 6.08. The van der Waals surface area contributed by atoms with Crippen LogP contribution in [-0.4, -0.2) is 19.1 Å². The Morgan fingerprint density at radius 2 is 1.69 bits per heavy atom. The lowest BCUT2D eigenvalue weighted by atomic mass is 10.00. The van der Waals surface area contributed by atoms with Gasteiger partial charge >= 0.3 is 0 Å². The molecule has 150 valence electrons. The van der Waals surface area contributed by atoms with Crippen molar-refractivity contribution in [3.05, 3.63) is 107 Å². The Labute approximate surface area is 167 Å². The van der Waals surface area contributed by atoms with Gasteiger partial charge in [0.25, 0.3) is 5.91 Å². The summed E-state index contributed by atoms with van der Waals surface area (Å²) in [6, 6.07) is 15.6. The standard InChI is InChI=1S/C22H20F2N2O3/c23-20-10-16(11-21(24)12-20)14-29-15-19(17-4-2-1-3-5-17)13-25-22(27)18-6-8-26(28)9-7-18/h1-12,19H,13-15H2,(H,25,27). The fourth-order valence-corrected chi connectivity index (χ4v) is 2.89. The first-order valence-electron chi connectivity index (χ1n) is 9.06. The molecule has 3 aromatic rings. The van der Waals surface area contributed by atoms with Crippen molar-refractivity contribution in [2.75, 3.05) is 13.2 Å². The van der Waals surface area contributed by atoms with E-state index in [1.165, 1.54) is 36.7 Å². The predicted octanol–water partition coefficient (Wildman–Crippen LogP) is 3.33. The number of amides is 1. The molecule has 1 N–H and O–H groups in total. The molecule has 5 nitrogen and oxygen atoms in total. The number of benzene rings is 2. The van der Waals surface area contributed by atoms with Gasteiger partial charge in [0.1, 0.15) is 11.6 Å². The van der Waals surface area contributed by atoms with Crippen LogP contribution in [0.2, 0.25) is 0 Å². The van der Waals surface area contributed by atoms with Crippen molar-refractivity contribution in [2.45, 2.75) is 12.5 Å².